The van der Waals surface area contributed by atoms with Crippen molar-refractivity contribution in [1.82, 2.24) is 14.7 Å². The van der Waals surface area contributed by atoms with Crippen LogP contribution in [-0.4, -0.2) is 39.6 Å². The van der Waals surface area contributed by atoms with Gasteiger partial charge in [0, 0.05) is 20.5 Å². The number of likely N-dealkylation sites (N-methyl/N-ethyl adjacent to an activating group) is 1. The number of nitrogens with zero attached hydrogens (tertiary/aromatic N) is 3. The molecule has 0 saturated carbocycles. The number of nitrogens with two attached hydrogens (primary N) is 1. The molecule has 7 heteroatoms. The lowest BCUT2D eigenvalue weighted by molar-refractivity contribution is -0.146. The van der Waals surface area contributed by atoms with Gasteiger partial charge in [0.15, 0.2) is 0 Å². The fourth-order valence-corrected chi connectivity index (χ4v) is 2.24. The molecule has 2 amide bonds. The van der Waals surface area contributed by atoms with Gasteiger partial charge in [-0.1, -0.05) is 6.92 Å². The van der Waals surface area contributed by atoms with Crippen molar-refractivity contribution in [2.45, 2.75) is 32.2 Å². The lowest BCUT2D eigenvalue weighted by Crippen LogP contribution is -2.48. The second kappa shape index (κ2) is 4.91. The number of nitrogens with one attached hydrogen (secondary N) is 1. The molecular formula is C12H19N5O2. The van der Waals surface area contributed by atoms with Crippen LogP contribution in [0, 0.1) is 0 Å². The van der Waals surface area contributed by atoms with Crippen molar-refractivity contribution < 1.29 is 9.59 Å². The molecule has 1 saturated heterocycles. The number of imide groups is 1. The molecular weight excluding hydrogens is 246 g/mol. The van der Waals surface area contributed by atoms with Crippen LogP contribution in [-0.2, 0) is 23.1 Å². The first-order valence-corrected chi connectivity index (χ1v) is 6.34. The Hall–Kier alpha value is -2.05. The summed E-state index contributed by atoms with van der Waals surface area (Å²) in [6, 6.07) is -0.426. The molecule has 2 rings (SSSR count). The maximum absolute atomic E-state index is 12.0. The average molecular weight is 265 g/mol. The predicted molar refractivity (Wildman–Crippen MR) is 71.4 cm³/mol. The Balaban J connectivity index is 2.20. The van der Waals surface area contributed by atoms with Gasteiger partial charge in [-0.2, -0.15) is 5.10 Å². The van der Waals surface area contributed by atoms with E-state index in [0.717, 1.165) is 17.0 Å². The van der Waals surface area contributed by atoms with Gasteiger partial charge in [-0.3, -0.25) is 19.2 Å². The zero-order valence-corrected chi connectivity index (χ0v) is 11.4. The summed E-state index contributed by atoms with van der Waals surface area (Å²) in [6.45, 7) is 1.97. The van der Waals surface area contributed by atoms with Crippen LogP contribution < -0.4 is 11.1 Å². The van der Waals surface area contributed by atoms with E-state index >= 15 is 0 Å². The third kappa shape index (κ3) is 2.27. The van der Waals surface area contributed by atoms with Gasteiger partial charge in [-0.05, 0) is 12.8 Å². The number of hydrogen-bond donors (Lipinski definition) is 2. The number of aryl methyl sites for hydroxylation is 2. The Morgan fingerprint density at radius 1 is 1.42 bits per heavy atom. The molecule has 1 fully saturated rings. The number of carbonyl (C=O) groups is 2. The van der Waals surface area contributed by atoms with Gasteiger partial charge in [-0.15, -0.1) is 0 Å². The number of likely N-dealkylation sites (tertiary alicyclic amines) is 1. The lowest BCUT2D eigenvalue weighted by atomic mass is 10.0. The Morgan fingerprint density at radius 2 is 2.11 bits per heavy atom. The summed E-state index contributed by atoms with van der Waals surface area (Å²) in [5, 5.41) is 7.40. The van der Waals surface area contributed by atoms with E-state index in [4.69, 9.17) is 5.73 Å². The van der Waals surface area contributed by atoms with Gasteiger partial charge in [0.05, 0.1) is 11.4 Å². The minimum absolute atomic E-state index is 0.143. The maximum atomic E-state index is 12.0. The van der Waals surface area contributed by atoms with Gasteiger partial charge < -0.3 is 11.1 Å². The molecule has 3 N–H and O–H groups in total. The highest BCUT2D eigenvalue weighted by Gasteiger charge is 2.32. The van der Waals surface area contributed by atoms with E-state index in [9.17, 15) is 9.59 Å². The second-order valence-corrected chi connectivity index (χ2v) is 4.71. The van der Waals surface area contributed by atoms with E-state index in [1.807, 2.05) is 6.92 Å². The van der Waals surface area contributed by atoms with Crippen molar-refractivity contribution in [2.75, 3.05) is 18.1 Å². The molecule has 1 aliphatic rings. The van der Waals surface area contributed by atoms with Crippen LogP contribution in [0.2, 0.25) is 0 Å². The van der Waals surface area contributed by atoms with Crippen molar-refractivity contribution in [2.24, 2.45) is 7.05 Å². The number of amides is 2. The topological polar surface area (TPSA) is 93.2 Å². The molecule has 1 unspecified atom stereocenters. The third-order valence-electron chi connectivity index (χ3n) is 3.46. The summed E-state index contributed by atoms with van der Waals surface area (Å²) in [5.74, 6) is 0.267. The molecule has 1 atom stereocenters. The molecule has 0 radical (unpaired) electrons. The molecule has 0 spiro atoms. The number of rotatable bonds is 3. The van der Waals surface area contributed by atoms with Crippen molar-refractivity contribution >= 4 is 23.3 Å². The number of anilines is 2. The highest BCUT2D eigenvalue weighted by molar-refractivity contribution is 6.01. The largest absolute Gasteiger partial charge is 0.394 e. The minimum atomic E-state index is -0.426. The van der Waals surface area contributed by atoms with Gasteiger partial charge >= 0.3 is 0 Å². The van der Waals surface area contributed by atoms with E-state index in [-0.39, 0.29) is 11.8 Å². The summed E-state index contributed by atoms with van der Waals surface area (Å²) in [7, 11) is 3.28. The Morgan fingerprint density at radius 3 is 2.68 bits per heavy atom. The smallest absolute Gasteiger partial charge is 0.251 e. The molecule has 7 nitrogen and oxygen atoms in total. The van der Waals surface area contributed by atoms with Crippen LogP contribution in [0.3, 0.4) is 0 Å². The second-order valence-electron chi connectivity index (χ2n) is 4.71. The Kier molecular flexibility index (Phi) is 3.46. The van der Waals surface area contributed by atoms with E-state index in [2.05, 4.69) is 10.4 Å². The highest BCUT2D eigenvalue weighted by atomic mass is 16.2. The molecule has 19 heavy (non-hydrogen) atoms. The Bertz CT molecular complexity index is 522. The number of piperidine rings is 1. The first-order valence-electron chi connectivity index (χ1n) is 6.34. The molecule has 0 aromatic carbocycles. The standard InChI is InChI=1S/C12H19N5O2/c1-4-7-10(13)11(17(3)15-7)14-8-5-6-9(18)16(2)12(8)19/h8,14H,4-6,13H2,1-3H3. The molecule has 2 heterocycles. The van der Waals surface area contributed by atoms with E-state index < -0.39 is 6.04 Å². The first kappa shape index (κ1) is 13.4. The van der Waals surface area contributed by atoms with Gasteiger partial charge in [0.25, 0.3) is 5.91 Å². The molecule has 1 aliphatic heterocycles. The maximum Gasteiger partial charge on any atom is 0.251 e. The van der Waals surface area contributed by atoms with Crippen molar-refractivity contribution in [3.8, 4) is 0 Å². The van der Waals surface area contributed by atoms with Crippen LogP contribution in [0.25, 0.3) is 0 Å². The van der Waals surface area contributed by atoms with E-state index in [1.54, 1.807) is 11.7 Å². The number of hydrogen-bond acceptors (Lipinski definition) is 5. The van der Waals surface area contributed by atoms with Crippen molar-refractivity contribution in [1.29, 1.82) is 0 Å². The van der Waals surface area contributed by atoms with Crippen LogP contribution in [0.1, 0.15) is 25.5 Å². The number of carbonyl (C=O) groups excluding carboxylic acids is 2. The monoisotopic (exact) mass is 265 g/mol. The molecule has 0 aliphatic carbocycles. The summed E-state index contributed by atoms with van der Waals surface area (Å²) in [6.07, 6.45) is 1.57. The van der Waals surface area contributed by atoms with Crippen molar-refractivity contribution in [3.63, 3.8) is 0 Å². The summed E-state index contributed by atoms with van der Waals surface area (Å²) in [5.41, 5.74) is 7.37. The quantitative estimate of drug-likeness (QED) is 0.757. The first-order chi connectivity index (χ1) is 8.95. The van der Waals surface area contributed by atoms with Gasteiger partial charge in [0.1, 0.15) is 11.9 Å². The molecule has 0 bridgehead atoms. The van der Waals surface area contributed by atoms with Crippen LogP contribution in [0.5, 0.6) is 0 Å². The predicted octanol–water partition coefficient (Wildman–Crippen LogP) is 0.124. The lowest BCUT2D eigenvalue weighted by Gasteiger charge is -2.28. The molecule has 104 valence electrons. The number of nitrogen functional groups attached to an aromatic ring is 1. The summed E-state index contributed by atoms with van der Waals surface area (Å²) < 4.78 is 1.64. The van der Waals surface area contributed by atoms with Crippen molar-refractivity contribution in [3.05, 3.63) is 5.69 Å². The summed E-state index contributed by atoms with van der Waals surface area (Å²) in [4.78, 5) is 24.6. The molecule has 1 aromatic heterocycles. The van der Waals surface area contributed by atoms with Gasteiger partial charge in [0.2, 0.25) is 5.91 Å². The third-order valence-corrected chi connectivity index (χ3v) is 3.46. The zero-order chi connectivity index (χ0) is 14.2. The highest BCUT2D eigenvalue weighted by Crippen LogP contribution is 2.25. The summed E-state index contributed by atoms with van der Waals surface area (Å²) >= 11 is 0. The normalized spacial score (nSPS) is 19.9. The van der Waals surface area contributed by atoms with E-state index in [0.29, 0.717) is 24.3 Å². The van der Waals surface area contributed by atoms with Crippen LogP contribution in [0.15, 0.2) is 0 Å². The van der Waals surface area contributed by atoms with Crippen LogP contribution >= 0.6 is 0 Å². The Labute approximate surface area is 111 Å². The average Bonchev–Trinajstić information content (AvgIpc) is 2.66. The fraction of sp³-hybridized carbons (Fsp3) is 0.583. The van der Waals surface area contributed by atoms with Crippen LogP contribution in [0.4, 0.5) is 11.5 Å². The van der Waals surface area contributed by atoms with E-state index in [1.165, 1.54) is 7.05 Å². The minimum Gasteiger partial charge on any atom is -0.394 e. The SMILES string of the molecule is CCc1nn(C)c(NC2CCC(=O)N(C)C2=O)c1N. The van der Waals surface area contributed by atoms with Gasteiger partial charge in [-0.25, -0.2) is 0 Å². The fourth-order valence-electron chi connectivity index (χ4n) is 2.24. The zero-order valence-electron chi connectivity index (χ0n) is 11.4. The number of aromatic nitrogens is 2. The molecule has 1 aromatic rings.